The number of rotatable bonds is 7. The Balaban J connectivity index is 1.67. The standard InChI is InChI=1S/C16H32N2/c1-2-12-18(14-16-9-6-11-17-16)13-10-15-7-4-3-5-8-15/h15-17H,2-14H2,1H3. The monoisotopic (exact) mass is 252 g/mol. The van der Waals surface area contributed by atoms with Crippen LogP contribution in [0.2, 0.25) is 0 Å². The zero-order chi connectivity index (χ0) is 12.6. The number of nitrogens with zero attached hydrogens (tertiary/aromatic N) is 1. The molecule has 106 valence electrons. The van der Waals surface area contributed by atoms with E-state index in [1.165, 1.54) is 84.0 Å². The first-order chi connectivity index (χ1) is 8.88. The molecule has 0 radical (unpaired) electrons. The van der Waals surface area contributed by atoms with Gasteiger partial charge in [0.25, 0.3) is 0 Å². The van der Waals surface area contributed by atoms with Gasteiger partial charge in [-0.25, -0.2) is 0 Å². The van der Waals surface area contributed by atoms with E-state index < -0.39 is 0 Å². The average molecular weight is 252 g/mol. The van der Waals surface area contributed by atoms with Crippen LogP contribution in [0, 0.1) is 5.92 Å². The largest absolute Gasteiger partial charge is 0.313 e. The summed E-state index contributed by atoms with van der Waals surface area (Å²) in [5.41, 5.74) is 0. The highest BCUT2D eigenvalue weighted by atomic mass is 15.1. The maximum absolute atomic E-state index is 3.64. The van der Waals surface area contributed by atoms with E-state index >= 15 is 0 Å². The molecular weight excluding hydrogens is 220 g/mol. The van der Waals surface area contributed by atoms with Gasteiger partial charge in [-0.3, -0.25) is 0 Å². The molecule has 18 heavy (non-hydrogen) atoms. The van der Waals surface area contributed by atoms with Gasteiger partial charge in [0, 0.05) is 12.6 Å². The molecule has 1 saturated carbocycles. The van der Waals surface area contributed by atoms with Crippen LogP contribution in [0.25, 0.3) is 0 Å². The molecule has 0 bridgehead atoms. The van der Waals surface area contributed by atoms with E-state index in [1.54, 1.807) is 0 Å². The van der Waals surface area contributed by atoms with Gasteiger partial charge in [-0.15, -0.1) is 0 Å². The van der Waals surface area contributed by atoms with Crippen molar-refractivity contribution in [3.63, 3.8) is 0 Å². The minimum Gasteiger partial charge on any atom is -0.313 e. The number of hydrogen-bond donors (Lipinski definition) is 1. The molecule has 2 fully saturated rings. The summed E-state index contributed by atoms with van der Waals surface area (Å²) in [4.78, 5) is 2.72. The fourth-order valence-electron chi connectivity index (χ4n) is 3.68. The Hall–Kier alpha value is -0.0800. The van der Waals surface area contributed by atoms with E-state index in [0.717, 1.165) is 12.0 Å². The van der Waals surface area contributed by atoms with E-state index in [1.807, 2.05) is 0 Å². The molecule has 0 spiro atoms. The third-order valence-corrected chi connectivity index (χ3v) is 4.76. The fraction of sp³-hybridized carbons (Fsp3) is 1.00. The Morgan fingerprint density at radius 2 is 1.83 bits per heavy atom. The van der Waals surface area contributed by atoms with E-state index in [9.17, 15) is 0 Å². The molecule has 2 nitrogen and oxygen atoms in total. The quantitative estimate of drug-likeness (QED) is 0.747. The first kappa shape index (κ1) is 14.3. The third-order valence-electron chi connectivity index (χ3n) is 4.76. The molecule has 1 N–H and O–H groups in total. The maximum atomic E-state index is 3.64. The van der Waals surface area contributed by atoms with Crippen molar-refractivity contribution in [2.24, 2.45) is 5.92 Å². The maximum Gasteiger partial charge on any atom is 0.0195 e. The molecule has 1 heterocycles. The summed E-state index contributed by atoms with van der Waals surface area (Å²) in [6.07, 6.45) is 13.0. The summed E-state index contributed by atoms with van der Waals surface area (Å²) in [5.74, 6) is 1.04. The molecule has 1 aliphatic carbocycles. The van der Waals surface area contributed by atoms with Crippen LogP contribution in [-0.4, -0.2) is 37.1 Å². The Morgan fingerprint density at radius 3 is 2.50 bits per heavy atom. The molecule has 0 amide bonds. The van der Waals surface area contributed by atoms with Crippen molar-refractivity contribution in [1.82, 2.24) is 10.2 Å². The number of nitrogens with one attached hydrogen (secondary N) is 1. The van der Waals surface area contributed by atoms with Gasteiger partial charge in [-0.2, -0.15) is 0 Å². The molecule has 1 aliphatic heterocycles. The molecule has 2 rings (SSSR count). The van der Waals surface area contributed by atoms with Crippen LogP contribution >= 0.6 is 0 Å². The summed E-state index contributed by atoms with van der Waals surface area (Å²) in [6, 6.07) is 0.780. The third kappa shape index (κ3) is 4.89. The van der Waals surface area contributed by atoms with Crippen molar-refractivity contribution in [2.45, 2.75) is 70.8 Å². The summed E-state index contributed by atoms with van der Waals surface area (Å²) in [6.45, 7) is 7.49. The van der Waals surface area contributed by atoms with Gasteiger partial charge in [0.1, 0.15) is 0 Å². The van der Waals surface area contributed by atoms with E-state index in [-0.39, 0.29) is 0 Å². The molecule has 1 unspecified atom stereocenters. The van der Waals surface area contributed by atoms with Crippen LogP contribution in [0.5, 0.6) is 0 Å². The zero-order valence-corrected chi connectivity index (χ0v) is 12.3. The second kappa shape index (κ2) is 8.16. The number of hydrogen-bond acceptors (Lipinski definition) is 2. The van der Waals surface area contributed by atoms with Crippen LogP contribution in [0.3, 0.4) is 0 Å². The summed E-state index contributed by atoms with van der Waals surface area (Å²) in [7, 11) is 0. The smallest absolute Gasteiger partial charge is 0.0195 e. The molecule has 0 aromatic rings. The Morgan fingerprint density at radius 1 is 1.00 bits per heavy atom. The summed E-state index contributed by atoms with van der Waals surface area (Å²) in [5, 5.41) is 3.64. The lowest BCUT2D eigenvalue weighted by atomic mass is 9.87. The summed E-state index contributed by atoms with van der Waals surface area (Å²) >= 11 is 0. The van der Waals surface area contributed by atoms with Gasteiger partial charge in [0.05, 0.1) is 0 Å². The van der Waals surface area contributed by atoms with Gasteiger partial charge in [-0.05, 0) is 51.2 Å². The van der Waals surface area contributed by atoms with Gasteiger partial charge < -0.3 is 10.2 Å². The zero-order valence-electron chi connectivity index (χ0n) is 12.3. The van der Waals surface area contributed by atoms with Crippen LogP contribution in [0.4, 0.5) is 0 Å². The van der Waals surface area contributed by atoms with Crippen molar-refractivity contribution in [2.75, 3.05) is 26.2 Å². The van der Waals surface area contributed by atoms with E-state index in [0.29, 0.717) is 0 Å². The van der Waals surface area contributed by atoms with Crippen molar-refractivity contribution in [3.8, 4) is 0 Å². The first-order valence-corrected chi connectivity index (χ1v) is 8.34. The lowest BCUT2D eigenvalue weighted by Crippen LogP contribution is -2.39. The predicted octanol–water partition coefficient (Wildman–Crippen LogP) is 3.42. The van der Waals surface area contributed by atoms with Crippen molar-refractivity contribution in [3.05, 3.63) is 0 Å². The Bertz CT molecular complexity index is 205. The van der Waals surface area contributed by atoms with E-state index in [2.05, 4.69) is 17.1 Å². The fourth-order valence-corrected chi connectivity index (χ4v) is 3.68. The summed E-state index contributed by atoms with van der Waals surface area (Å²) < 4.78 is 0. The minimum atomic E-state index is 0.780. The van der Waals surface area contributed by atoms with Crippen molar-refractivity contribution < 1.29 is 0 Å². The molecule has 0 aromatic heterocycles. The van der Waals surface area contributed by atoms with Gasteiger partial charge in [0.2, 0.25) is 0 Å². The molecule has 0 aromatic carbocycles. The van der Waals surface area contributed by atoms with Crippen LogP contribution in [0.15, 0.2) is 0 Å². The van der Waals surface area contributed by atoms with Crippen LogP contribution < -0.4 is 5.32 Å². The molecule has 1 atom stereocenters. The average Bonchev–Trinajstić information content (AvgIpc) is 2.90. The normalized spacial score (nSPS) is 26.0. The highest BCUT2D eigenvalue weighted by molar-refractivity contribution is 4.78. The van der Waals surface area contributed by atoms with Crippen molar-refractivity contribution in [1.29, 1.82) is 0 Å². The van der Waals surface area contributed by atoms with Gasteiger partial charge in [-0.1, -0.05) is 39.0 Å². The van der Waals surface area contributed by atoms with Crippen LogP contribution in [-0.2, 0) is 0 Å². The Labute approximate surface area is 114 Å². The first-order valence-electron chi connectivity index (χ1n) is 8.34. The SMILES string of the molecule is CCCN(CCC1CCCCC1)CC1CCCN1. The molecule has 1 saturated heterocycles. The lowest BCUT2D eigenvalue weighted by Gasteiger charge is -2.28. The highest BCUT2D eigenvalue weighted by Crippen LogP contribution is 2.26. The Kier molecular flexibility index (Phi) is 6.50. The highest BCUT2D eigenvalue weighted by Gasteiger charge is 2.19. The van der Waals surface area contributed by atoms with Gasteiger partial charge >= 0.3 is 0 Å². The molecular formula is C16H32N2. The second-order valence-corrected chi connectivity index (χ2v) is 6.39. The predicted molar refractivity (Wildman–Crippen MR) is 78.9 cm³/mol. The lowest BCUT2D eigenvalue weighted by molar-refractivity contribution is 0.216. The second-order valence-electron chi connectivity index (χ2n) is 6.39. The van der Waals surface area contributed by atoms with Gasteiger partial charge in [0.15, 0.2) is 0 Å². The van der Waals surface area contributed by atoms with Crippen LogP contribution in [0.1, 0.15) is 64.7 Å². The molecule has 2 heteroatoms. The molecule has 2 aliphatic rings. The minimum absolute atomic E-state index is 0.780. The van der Waals surface area contributed by atoms with Crippen molar-refractivity contribution >= 4 is 0 Å². The van der Waals surface area contributed by atoms with E-state index in [4.69, 9.17) is 0 Å². The topological polar surface area (TPSA) is 15.3 Å².